The third kappa shape index (κ3) is 2.14. The smallest absolute Gasteiger partial charge is 0.0896 e. The minimum Gasteiger partial charge on any atom is -0.250 e. The molecule has 0 radical (unpaired) electrons. The summed E-state index contributed by atoms with van der Waals surface area (Å²) in [5.74, 6) is 0. The van der Waals surface area contributed by atoms with Gasteiger partial charge in [0.1, 0.15) is 0 Å². The van der Waals surface area contributed by atoms with E-state index in [4.69, 9.17) is 11.6 Å². The number of benzene rings is 1. The molecule has 0 bridgehead atoms. The lowest BCUT2D eigenvalue weighted by Gasteiger charge is -2.00. The highest BCUT2D eigenvalue weighted by molar-refractivity contribution is 7.11. The Balaban J connectivity index is 2.23. The van der Waals surface area contributed by atoms with E-state index in [2.05, 4.69) is 11.1 Å². The summed E-state index contributed by atoms with van der Waals surface area (Å²) in [6.07, 6.45) is 2.80. The van der Waals surface area contributed by atoms with E-state index in [0.29, 0.717) is 0 Å². The maximum Gasteiger partial charge on any atom is 0.0896 e. The van der Waals surface area contributed by atoms with Gasteiger partial charge in [-0.25, -0.2) is 4.98 Å². The SMILES string of the molecule is Cc1ncc(Cc2ccccc2Cl)s1. The minimum atomic E-state index is 0.832. The summed E-state index contributed by atoms with van der Waals surface area (Å²) in [4.78, 5) is 5.48. The molecular weight excluding hydrogens is 214 g/mol. The Morgan fingerprint density at radius 3 is 2.79 bits per heavy atom. The highest BCUT2D eigenvalue weighted by Gasteiger charge is 2.02. The molecule has 1 aromatic carbocycles. The predicted molar refractivity (Wildman–Crippen MR) is 61.1 cm³/mol. The molecule has 0 fully saturated rings. The van der Waals surface area contributed by atoms with Crippen molar-refractivity contribution in [3.63, 3.8) is 0 Å². The first kappa shape index (κ1) is 9.69. The zero-order chi connectivity index (χ0) is 9.97. The number of aromatic nitrogens is 1. The molecule has 0 aliphatic heterocycles. The van der Waals surface area contributed by atoms with Gasteiger partial charge in [0.25, 0.3) is 0 Å². The van der Waals surface area contributed by atoms with Gasteiger partial charge in [0, 0.05) is 22.5 Å². The van der Waals surface area contributed by atoms with Crippen LogP contribution in [0.25, 0.3) is 0 Å². The highest BCUT2D eigenvalue weighted by atomic mass is 35.5. The van der Waals surface area contributed by atoms with Gasteiger partial charge >= 0.3 is 0 Å². The Hall–Kier alpha value is -0.860. The van der Waals surface area contributed by atoms with Crippen molar-refractivity contribution < 1.29 is 0 Å². The highest BCUT2D eigenvalue weighted by Crippen LogP contribution is 2.21. The molecule has 0 amide bonds. The van der Waals surface area contributed by atoms with Crippen molar-refractivity contribution in [3.8, 4) is 0 Å². The Morgan fingerprint density at radius 1 is 1.36 bits per heavy atom. The van der Waals surface area contributed by atoms with Gasteiger partial charge < -0.3 is 0 Å². The van der Waals surface area contributed by atoms with Crippen LogP contribution in [0.15, 0.2) is 30.5 Å². The van der Waals surface area contributed by atoms with Crippen LogP contribution in [0.5, 0.6) is 0 Å². The molecule has 0 aliphatic rings. The first-order valence-electron chi connectivity index (χ1n) is 4.40. The minimum absolute atomic E-state index is 0.832. The first-order valence-corrected chi connectivity index (χ1v) is 5.60. The van der Waals surface area contributed by atoms with E-state index in [9.17, 15) is 0 Å². The normalized spacial score (nSPS) is 10.4. The summed E-state index contributed by atoms with van der Waals surface area (Å²) in [7, 11) is 0. The number of nitrogens with zero attached hydrogens (tertiary/aromatic N) is 1. The van der Waals surface area contributed by atoms with Gasteiger partial charge in [-0.3, -0.25) is 0 Å². The number of halogens is 1. The molecule has 3 heteroatoms. The van der Waals surface area contributed by atoms with E-state index in [1.165, 1.54) is 4.88 Å². The van der Waals surface area contributed by atoms with Gasteiger partial charge in [-0.2, -0.15) is 0 Å². The van der Waals surface area contributed by atoms with E-state index in [0.717, 1.165) is 22.0 Å². The number of aryl methyl sites for hydroxylation is 1. The van der Waals surface area contributed by atoms with Crippen LogP contribution < -0.4 is 0 Å². The van der Waals surface area contributed by atoms with Crippen molar-refractivity contribution in [1.29, 1.82) is 0 Å². The summed E-state index contributed by atoms with van der Waals surface area (Å²) in [6.45, 7) is 2.01. The van der Waals surface area contributed by atoms with Gasteiger partial charge in [-0.15, -0.1) is 11.3 Å². The number of thiazole rings is 1. The lowest BCUT2D eigenvalue weighted by atomic mass is 10.1. The standard InChI is InChI=1S/C11H10ClNS/c1-8-13-7-10(14-8)6-9-4-2-3-5-11(9)12/h2-5,7H,6H2,1H3. The number of hydrogen-bond acceptors (Lipinski definition) is 2. The number of rotatable bonds is 2. The molecule has 0 saturated heterocycles. The topological polar surface area (TPSA) is 12.9 Å². The molecule has 14 heavy (non-hydrogen) atoms. The van der Waals surface area contributed by atoms with Crippen molar-refractivity contribution in [2.24, 2.45) is 0 Å². The van der Waals surface area contributed by atoms with Crippen LogP contribution in [0, 0.1) is 6.92 Å². The average molecular weight is 224 g/mol. The maximum atomic E-state index is 6.07. The number of hydrogen-bond donors (Lipinski definition) is 0. The third-order valence-electron chi connectivity index (χ3n) is 1.99. The van der Waals surface area contributed by atoms with Gasteiger partial charge in [-0.05, 0) is 18.6 Å². The van der Waals surface area contributed by atoms with Crippen LogP contribution >= 0.6 is 22.9 Å². The predicted octanol–water partition coefficient (Wildman–Crippen LogP) is 3.70. The summed E-state index contributed by atoms with van der Waals surface area (Å²) < 4.78 is 0. The van der Waals surface area contributed by atoms with E-state index in [1.54, 1.807) is 11.3 Å². The van der Waals surface area contributed by atoms with Crippen molar-refractivity contribution in [2.45, 2.75) is 13.3 Å². The molecule has 0 spiro atoms. The second-order valence-corrected chi connectivity index (χ2v) is 4.84. The molecule has 72 valence electrons. The second-order valence-electron chi connectivity index (χ2n) is 3.11. The van der Waals surface area contributed by atoms with Gasteiger partial charge in [-0.1, -0.05) is 29.8 Å². The fraction of sp³-hybridized carbons (Fsp3) is 0.182. The molecule has 0 aliphatic carbocycles. The molecule has 0 N–H and O–H groups in total. The zero-order valence-corrected chi connectivity index (χ0v) is 9.40. The Bertz CT molecular complexity index is 436. The summed E-state index contributed by atoms with van der Waals surface area (Å²) in [5, 5.41) is 1.94. The Labute approximate surface area is 92.4 Å². The van der Waals surface area contributed by atoms with Crippen LogP contribution in [0.2, 0.25) is 5.02 Å². The zero-order valence-electron chi connectivity index (χ0n) is 7.83. The molecule has 2 rings (SSSR count). The molecule has 1 aromatic heterocycles. The van der Waals surface area contributed by atoms with E-state index >= 15 is 0 Å². The lowest BCUT2D eigenvalue weighted by Crippen LogP contribution is -1.84. The van der Waals surface area contributed by atoms with Crippen LogP contribution in [-0.2, 0) is 6.42 Å². The van der Waals surface area contributed by atoms with Crippen LogP contribution in [0.4, 0.5) is 0 Å². The van der Waals surface area contributed by atoms with Crippen LogP contribution in [0.1, 0.15) is 15.4 Å². The lowest BCUT2D eigenvalue weighted by molar-refractivity contribution is 1.20. The molecule has 1 nitrogen and oxygen atoms in total. The monoisotopic (exact) mass is 223 g/mol. The van der Waals surface area contributed by atoms with Crippen molar-refractivity contribution in [3.05, 3.63) is 50.9 Å². The fourth-order valence-electron chi connectivity index (χ4n) is 1.32. The van der Waals surface area contributed by atoms with Gasteiger partial charge in [0.05, 0.1) is 5.01 Å². The molecule has 0 atom stereocenters. The van der Waals surface area contributed by atoms with E-state index < -0.39 is 0 Å². The fourth-order valence-corrected chi connectivity index (χ4v) is 2.34. The molecule has 1 heterocycles. The molecule has 2 aromatic rings. The second kappa shape index (κ2) is 4.11. The van der Waals surface area contributed by atoms with E-state index in [1.807, 2.05) is 31.3 Å². The first-order chi connectivity index (χ1) is 6.75. The summed E-state index contributed by atoms with van der Waals surface area (Å²) >= 11 is 7.79. The van der Waals surface area contributed by atoms with E-state index in [-0.39, 0.29) is 0 Å². The van der Waals surface area contributed by atoms with Gasteiger partial charge in [0.2, 0.25) is 0 Å². The Kier molecular flexibility index (Phi) is 2.85. The quantitative estimate of drug-likeness (QED) is 0.757. The van der Waals surface area contributed by atoms with Crippen LogP contribution in [0.3, 0.4) is 0 Å². The summed E-state index contributed by atoms with van der Waals surface area (Å²) in [6, 6.07) is 7.93. The average Bonchev–Trinajstić information content (AvgIpc) is 2.56. The molecular formula is C11H10ClNS. The van der Waals surface area contributed by atoms with Crippen molar-refractivity contribution in [1.82, 2.24) is 4.98 Å². The van der Waals surface area contributed by atoms with Crippen molar-refractivity contribution >= 4 is 22.9 Å². The molecule has 0 saturated carbocycles. The largest absolute Gasteiger partial charge is 0.250 e. The third-order valence-corrected chi connectivity index (χ3v) is 3.27. The Morgan fingerprint density at radius 2 is 2.14 bits per heavy atom. The van der Waals surface area contributed by atoms with Crippen molar-refractivity contribution in [2.75, 3.05) is 0 Å². The summed E-state index contributed by atoms with van der Waals surface area (Å²) in [5.41, 5.74) is 1.16. The van der Waals surface area contributed by atoms with Gasteiger partial charge in [0.15, 0.2) is 0 Å². The molecule has 0 unspecified atom stereocenters. The maximum absolute atomic E-state index is 6.07. The van der Waals surface area contributed by atoms with Crippen LogP contribution in [-0.4, -0.2) is 4.98 Å².